The number of hydrogen-bond donors (Lipinski definition) is 1. The van der Waals surface area contributed by atoms with E-state index in [0.717, 1.165) is 47.4 Å². The number of anilines is 1. The second-order valence-electron chi connectivity index (χ2n) is 7.03. The molecule has 1 N–H and O–H groups in total. The second kappa shape index (κ2) is 7.68. The van der Waals surface area contributed by atoms with Gasteiger partial charge in [0.1, 0.15) is 0 Å². The van der Waals surface area contributed by atoms with Crippen LogP contribution in [0.25, 0.3) is 27.9 Å². The van der Waals surface area contributed by atoms with Crippen LogP contribution in [-0.2, 0) is 6.54 Å². The van der Waals surface area contributed by atoms with Gasteiger partial charge < -0.3 is 9.88 Å². The summed E-state index contributed by atoms with van der Waals surface area (Å²) >= 11 is 0. The van der Waals surface area contributed by atoms with Crippen LogP contribution in [0.5, 0.6) is 0 Å². The summed E-state index contributed by atoms with van der Waals surface area (Å²) in [6.07, 6.45) is 8.35. The SMILES string of the molecule is N#Cc1ccc2c(c1)nc(NCCCn1ccnc1)c1ncc(-c3ccccc3)n12. The Kier molecular flexibility index (Phi) is 4.58. The van der Waals surface area contributed by atoms with Gasteiger partial charge in [0.05, 0.1) is 40.9 Å². The molecule has 3 aromatic heterocycles. The quantitative estimate of drug-likeness (QED) is 0.439. The summed E-state index contributed by atoms with van der Waals surface area (Å²) in [5, 5.41) is 12.7. The van der Waals surface area contributed by atoms with Crippen molar-refractivity contribution in [3.05, 3.63) is 79.0 Å². The third-order valence-electron chi connectivity index (χ3n) is 5.07. The van der Waals surface area contributed by atoms with Crippen LogP contribution in [0.4, 0.5) is 5.82 Å². The van der Waals surface area contributed by atoms with E-state index in [-0.39, 0.29) is 0 Å². The molecule has 30 heavy (non-hydrogen) atoms. The highest BCUT2D eigenvalue weighted by atomic mass is 15.1. The van der Waals surface area contributed by atoms with Crippen molar-refractivity contribution in [2.24, 2.45) is 0 Å². The maximum Gasteiger partial charge on any atom is 0.181 e. The fourth-order valence-corrected chi connectivity index (χ4v) is 3.62. The van der Waals surface area contributed by atoms with Gasteiger partial charge >= 0.3 is 0 Å². The number of aryl methyl sites for hydroxylation is 1. The van der Waals surface area contributed by atoms with Crippen molar-refractivity contribution in [3.63, 3.8) is 0 Å². The molecule has 0 unspecified atom stereocenters. The number of rotatable bonds is 6. The van der Waals surface area contributed by atoms with Crippen molar-refractivity contribution >= 4 is 22.5 Å². The third kappa shape index (κ3) is 3.25. The van der Waals surface area contributed by atoms with Crippen molar-refractivity contribution in [3.8, 4) is 17.3 Å². The van der Waals surface area contributed by atoms with Crippen molar-refractivity contribution < 1.29 is 0 Å². The Morgan fingerprint density at radius 2 is 2.00 bits per heavy atom. The van der Waals surface area contributed by atoms with Crippen LogP contribution in [0.1, 0.15) is 12.0 Å². The van der Waals surface area contributed by atoms with Crippen LogP contribution in [0.2, 0.25) is 0 Å². The molecular weight excluding hydrogens is 374 g/mol. The molecule has 7 heteroatoms. The Balaban J connectivity index is 1.57. The minimum absolute atomic E-state index is 0.585. The number of nitrogens with one attached hydrogen (secondary N) is 1. The van der Waals surface area contributed by atoms with E-state index in [1.165, 1.54) is 0 Å². The predicted octanol–water partition coefficient (Wildman–Crippen LogP) is 4.12. The molecule has 0 aliphatic heterocycles. The van der Waals surface area contributed by atoms with Gasteiger partial charge in [0.15, 0.2) is 11.5 Å². The molecule has 5 rings (SSSR count). The van der Waals surface area contributed by atoms with E-state index >= 15 is 0 Å². The Morgan fingerprint density at radius 1 is 1.10 bits per heavy atom. The number of fused-ring (bicyclic) bond motifs is 3. The monoisotopic (exact) mass is 393 g/mol. The Labute approximate surface area is 173 Å². The van der Waals surface area contributed by atoms with Crippen molar-refractivity contribution in [1.82, 2.24) is 23.9 Å². The van der Waals surface area contributed by atoms with Crippen molar-refractivity contribution in [2.45, 2.75) is 13.0 Å². The molecule has 2 aromatic carbocycles. The van der Waals surface area contributed by atoms with E-state index in [1.807, 2.05) is 59.7 Å². The molecule has 0 aliphatic rings. The first-order valence-corrected chi connectivity index (χ1v) is 9.80. The maximum atomic E-state index is 9.32. The average molecular weight is 393 g/mol. The zero-order valence-electron chi connectivity index (χ0n) is 16.2. The maximum absolute atomic E-state index is 9.32. The van der Waals surface area contributed by atoms with Gasteiger partial charge in [-0.05, 0) is 24.6 Å². The molecule has 0 bridgehead atoms. The molecule has 3 heterocycles. The molecule has 0 spiro atoms. The highest BCUT2D eigenvalue weighted by Crippen LogP contribution is 2.28. The van der Waals surface area contributed by atoms with E-state index in [0.29, 0.717) is 11.4 Å². The van der Waals surface area contributed by atoms with E-state index in [2.05, 4.69) is 37.9 Å². The zero-order valence-corrected chi connectivity index (χ0v) is 16.2. The fourth-order valence-electron chi connectivity index (χ4n) is 3.62. The number of nitriles is 1. The van der Waals surface area contributed by atoms with Crippen molar-refractivity contribution in [2.75, 3.05) is 11.9 Å². The molecule has 5 aromatic rings. The van der Waals surface area contributed by atoms with Gasteiger partial charge in [0.2, 0.25) is 0 Å². The smallest absolute Gasteiger partial charge is 0.181 e. The topological polar surface area (TPSA) is 83.8 Å². The van der Waals surface area contributed by atoms with Crippen LogP contribution in [0.15, 0.2) is 73.4 Å². The Morgan fingerprint density at radius 3 is 2.80 bits per heavy atom. The zero-order chi connectivity index (χ0) is 20.3. The number of hydrogen-bond acceptors (Lipinski definition) is 5. The highest BCUT2D eigenvalue weighted by Gasteiger charge is 2.15. The largest absolute Gasteiger partial charge is 0.367 e. The van der Waals surface area contributed by atoms with Gasteiger partial charge in [0.25, 0.3) is 0 Å². The number of nitrogens with zero attached hydrogens (tertiary/aromatic N) is 6. The molecule has 146 valence electrons. The molecule has 0 fully saturated rings. The molecule has 7 nitrogen and oxygen atoms in total. The minimum atomic E-state index is 0.585. The summed E-state index contributed by atoms with van der Waals surface area (Å²) in [6, 6.07) is 17.9. The standard InChI is InChI=1S/C23H19N7/c24-14-17-7-8-20-19(13-17)28-22(26-9-4-11-29-12-10-25-16-29)23-27-15-21(30(20)23)18-5-2-1-3-6-18/h1-3,5-8,10,12-13,15-16H,4,9,11H2,(H,26,28). The molecule has 0 atom stereocenters. The summed E-state index contributed by atoms with van der Waals surface area (Å²) in [5.74, 6) is 0.713. The highest BCUT2D eigenvalue weighted by molar-refractivity contribution is 5.87. The molecule has 0 aliphatic carbocycles. The summed E-state index contributed by atoms with van der Waals surface area (Å²) in [4.78, 5) is 13.5. The van der Waals surface area contributed by atoms with Crippen LogP contribution >= 0.6 is 0 Å². The lowest BCUT2D eigenvalue weighted by molar-refractivity contribution is 0.660. The van der Waals surface area contributed by atoms with Gasteiger partial charge in [-0.25, -0.2) is 15.0 Å². The number of aromatic nitrogens is 5. The van der Waals surface area contributed by atoms with Crippen LogP contribution in [0.3, 0.4) is 0 Å². The first-order chi connectivity index (χ1) is 14.8. The lowest BCUT2D eigenvalue weighted by atomic mass is 10.1. The van der Waals surface area contributed by atoms with Crippen LogP contribution < -0.4 is 5.32 Å². The summed E-state index contributed by atoms with van der Waals surface area (Å²) in [5.41, 5.74) is 5.10. The normalized spacial score (nSPS) is 11.0. The van der Waals surface area contributed by atoms with Crippen LogP contribution in [-0.4, -0.2) is 30.5 Å². The number of benzene rings is 2. The molecule has 0 amide bonds. The molecule has 0 saturated carbocycles. The molecule has 0 radical (unpaired) electrons. The van der Waals surface area contributed by atoms with Gasteiger partial charge in [0, 0.05) is 31.0 Å². The first kappa shape index (κ1) is 17.9. The predicted molar refractivity (Wildman–Crippen MR) is 116 cm³/mol. The van der Waals surface area contributed by atoms with Crippen molar-refractivity contribution in [1.29, 1.82) is 5.26 Å². The first-order valence-electron chi connectivity index (χ1n) is 9.80. The lowest BCUT2D eigenvalue weighted by Gasteiger charge is -2.12. The van der Waals surface area contributed by atoms with Gasteiger partial charge in [-0.15, -0.1) is 0 Å². The van der Waals surface area contributed by atoms with Gasteiger partial charge in [-0.1, -0.05) is 30.3 Å². The Bertz CT molecular complexity index is 1350. The Hall–Kier alpha value is -4.18. The summed E-state index contributed by atoms with van der Waals surface area (Å²) in [7, 11) is 0. The van der Waals surface area contributed by atoms with Gasteiger partial charge in [-0.2, -0.15) is 5.26 Å². The second-order valence-corrected chi connectivity index (χ2v) is 7.03. The minimum Gasteiger partial charge on any atom is -0.367 e. The van der Waals surface area contributed by atoms with E-state index in [1.54, 1.807) is 6.20 Å². The lowest BCUT2D eigenvalue weighted by Crippen LogP contribution is -2.09. The van der Waals surface area contributed by atoms with Crippen LogP contribution in [0, 0.1) is 11.3 Å². The fraction of sp³-hybridized carbons (Fsp3) is 0.130. The average Bonchev–Trinajstić information content (AvgIpc) is 3.47. The van der Waals surface area contributed by atoms with E-state index in [9.17, 15) is 5.26 Å². The van der Waals surface area contributed by atoms with Gasteiger partial charge in [-0.3, -0.25) is 4.40 Å². The summed E-state index contributed by atoms with van der Waals surface area (Å²) in [6.45, 7) is 1.62. The number of imidazole rings is 2. The molecule has 0 saturated heterocycles. The third-order valence-corrected chi connectivity index (χ3v) is 5.07. The van der Waals surface area contributed by atoms with E-state index < -0.39 is 0 Å². The molecular formula is C23H19N7. The summed E-state index contributed by atoms with van der Waals surface area (Å²) < 4.78 is 4.16. The van der Waals surface area contributed by atoms with E-state index in [4.69, 9.17) is 4.98 Å².